The maximum atomic E-state index is 13.6. The van der Waals surface area contributed by atoms with E-state index in [1.165, 1.54) is 0 Å². The molecule has 0 amide bonds. The van der Waals surface area contributed by atoms with E-state index in [1.54, 1.807) is 0 Å². The average Bonchev–Trinajstić information content (AvgIpc) is 2.61. The van der Waals surface area contributed by atoms with Gasteiger partial charge in [0.1, 0.15) is 0 Å². The highest BCUT2D eigenvalue weighted by atomic mass is 127. The van der Waals surface area contributed by atoms with Crippen LogP contribution in [0.3, 0.4) is 0 Å². The molecule has 148 valence electrons. The second kappa shape index (κ2) is 9.92. The molecule has 0 aliphatic heterocycles. The normalized spacial score (nSPS) is 12.7. The fourth-order valence-corrected chi connectivity index (χ4v) is 5.36. The predicted octanol–water partition coefficient (Wildman–Crippen LogP) is 6.04. The monoisotopic (exact) mass is 502 g/mol. The van der Waals surface area contributed by atoms with Gasteiger partial charge in [-0.3, -0.25) is 4.57 Å². The van der Waals surface area contributed by atoms with E-state index in [-0.39, 0.29) is 0 Å². The molecule has 2 aromatic rings. The van der Waals surface area contributed by atoms with Gasteiger partial charge in [0.15, 0.2) is 5.78 Å². The number of benzene rings is 2. The van der Waals surface area contributed by atoms with Crippen LogP contribution < -0.4 is 10.2 Å². The highest BCUT2D eigenvalue weighted by molar-refractivity contribution is 14.1. The Kier molecular flexibility index (Phi) is 8.16. The summed E-state index contributed by atoms with van der Waals surface area (Å²) in [5, 5.41) is 3.42. The minimum Gasteiger partial charge on any atom is -0.378 e. The molecule has 0 heterocycles. The Morgan fingerprint density at radius 1 is 1.07 bits per heavy atom. The van der Waals surface area contributed by atoms with Crippen molar-refractivity contribution in [2.45, 2.75) is 26.6 Å². The Morgan fingerprint density at radius 2 is 1.67 bits per heavy atom. The fourth-order valence-electron chi connectivity index (χ4n) is 2.78. The van der Waals surface area contributed by atoms with Crippen LogP contribution in [-0.4, -0.2) is 27.3 Å². The first-order chi connectivity index (χ1) is 12.8. The second-order valence-electron chi connectivity index (χ2n) is 6.37. The van der Waals surface area contributed by atoms with Crippen LogP contribution in [0.15, 0.2) is 42.5 Å². The van der Waals surface area contributed by atoms with Crippen LogP contribution in [0.5, 0.6) is 0 Å². The number of halogens is 1. The van der Waals surface area contributed by atoms with Crippen LogP contribution >= 0.6 is 30.2 Å². The molecule has 1 N–H and O–H groups in total. The number of nitrogens with one attached hydrogen (secondary N) is 1. The van der Waals surface area contributed by atoms with Gasteiger partial charge in [0, 0.05) is 29.0 Å². The van der Waals surface area contributed by atoms with Gasteiger partial charge in [-0.05, 0) is 84.8 Å². The van der Waals surface area contributed by atoms with Crippen molar-refractivity contribution in [3.8, 4) is 0 Å². The molecule has 0 aliphatic carbocycles. The first kappa shape index (κ1) is 22.2. The lowest BCUT2D eigenvalue weighted by Crippen LogP contribution is -2.16. The van der Waals surface area contributed by atoms with Gasteiger partial charge < -0.3 is 19.3 Å². The summed E-state index contributed by atoms with van der Waals surface area (Å²) in [6, 6.07) is 14.1. The second-order valence-corrected chi connectivity index (χ2v) is 9.73. The first-order valence-electron chi connectivity index (χ1n) is 8.99. The molecule has 5 nitrogen and oxygen atoms in total. The van der Waals surface area contributed by atoms with Gasteiger partial charge in [-0.2, -0.15) is 0 Å². The van der Waals surface area contributed by atoms with Crippen molar-refractivity contribution in [2.24, 2.45) is 0 Å². The third-order valence-electron chi connectivity index (χ3n) is 4.14. The van der Waals surface area contributed by atoms with Gasteiger partial charge in [-0.25, -0.2) is 0 Å². The lowest BCUT2D eigenvalue weighted by Gasteiger charge is -2.29. The summed E-state index contributed by atoms with van der Waals surface area (Å²) in [7, 11) is 0.568. The van der Waals surface area contributed by atoms with Gasteiger partial charge in [0.05, 0.1) is 13.2 Å². The van der Waals surface area contributed by atoms with Gasteiger partial charge in [-0.1, -0.05) is 12.1 Å². The summed E-state index contributed by atoms with van der Waals surface area (Å²) >= 11 is 2.28. The lowest BCUT2D eigenvalue weighted by atomic mass is 10.1. The average molecular weight is 502 g/mol. The number of hydrogen-bond donors (Lipinski definition) is 1. The van der Waals surface area contributed by atoms with Crippen LogP contribution in [0.2, 0.25) is 0 Å². The van der Waals surface area contributed by atoms with Gasteiger partial charge in [0.2, 0.25) is 0 Å². The van der Waals surface area contributed by atoms with E-state index in [4.69, 9.17) is 9.05 Å². The molecule has 0 saturated heterocycles. The van der Waals surface area contributed by atoms with E-state index >= 15 is 0 Å². The number of nitrogens with zero attached hydrogens (tertiary/aromatic N) is 1. The predicted molar refractivity (Wildman–Crippen MR) is 122 cm³/mol. The molecule has 27 heavy (non-hydrogen) atoms. The Bertz CT molecular complexity index is 786. The van der Waals surface area contributed by atoms with Crippen molar-refractivity contribution < 1.29 is 13.6 Å². The van der Waals surface area contributed by atoms with Gasteiger partial charge in [-0.15, -0.1) is 0 Å². The van der Waals surface area contributed by atoms with Crippen molar-refractivity contribution in [2.75, 3.05) is 37.5 Å². The van der Waals surface area contributed by atoms with Gasteiger partial charge >= 0.3 is 7.60 Å². The van der Waals surface area contributed by atoms with E-state index in [2.05, 4.69) is 34.0 Å². The standard InChI is InChI=1S/C20H28IN2O3P/c1-6-25-27(24,26-7-2)20(16-8-11-18(12-9-16)23(4)5)22-19-13-10-17(21)14-15(19)3/h8-14,20,22H,6-7H2,1-5H3. The first-order valence-corrected chi connectivity index (χ1v) is 11.7. The molecule has 0 spiro atoms. The molecule has 0 aliphatic rings. The summed E-state index contributed by atoms with van der Waals surface area (Å²) in [5.74, 6) is -0.590. The van der Waals surface area contributed by atoms with Crippen LogP contribution in [0.4, 0.5) is 11.4 Å². The molecule has 2 rings (SSSR count). The van der Waals surface area contributed by atoms with Crippen LogP contribution in [0.25, 0.3) is 0 Å². The van der Waals surface area contributed by atoms with Crippen molar-refractivity contribution in [3.63, 3.8) is 0 Å². The summed E-state index contributed by atoms with van der Waals surface area (Å²) in [4.78, 5) is 2.03. The third kappa shape index (κ3) is 5.70. The van der Waals surface area contributed by atoms with Crippen molar-refractivity contribution >= 4 is 41.6 Å². The Hall–Kier alpha value is -1.08. The highest BCUT2D eigenvalue weighted by Crippen LogP contribution is 2.61. The molecule has 1 atom stereocenters. The largest absolute Gasteiger partial charge is 0.378 e. The Balaban J connectivity index is 2.48. The third-order valence-corrected chi connectivity index (χ3v) is 7.11. The maximum Gasteiger partial charge on any atom is 0.357 e. The quantitative estimate of drug-likeness (QED) is 0.335. The van der Waals surface area contributed by atoms with E-state index < -0.39 is 13.4 Å². The zero-order valence-corrected chi connectivity index (χ0v) is 19.6. The number of hydrogen-bond acceptors (Lipinski definition) is 5. The van der Waals surface area contributed by atoms with E-state index in [0.29, 0.717) is 13.2 Å². The van der Waals surface area contributed by atoms with Crippen molar-refractivity contribution in [1.82, 2.24) is 0 Å². The van der Waals surface area contributed by atoms with Crippen LogP contribution in [0, 0.1) is 10.5 Å². The zero-order valence-electron chi connectivity index (χ0n) is 16.5. The minimum atomic E-state index is -3.41. The topological polar surface area (TPSA) is 50.8 Å². The number of anilines is 2. The fraction of sp³-hybridized carbons (Fsp3) is 0.400. The highest BCUT2D eigenvalue weighted by Gasteiger charge is 2.37. The summed E-state index contributed by atoms with van der Waals surface area (Å²) in [5.41, 5.74) is 3.93. The summed E-state index contributed by atoms with van der Waals surface area (Å²) in [6.45, 7) is 6.32. The smallest absolute Gasteiger partial charge is 0.357 e. The summed E-state index contributed by atoms with van der Waals surface area (Å²) in [6.07, 6.45) is 0. The summed E-state index contributed by atoms with van der Waals surface area (Å²) < 4.78 is 26.1. The SMILES string of the molecule is CCOP(=O)(OCC)C(Nc1ccc(I)cc1C)c1ccc(N(C)C)cc1. The maximum absolute atomic E-state index is 13.6. The molecule has 0 bridgehead atoms. The number of rotatable bonds is 9. The molecular formula is C20H28IN2O3P. The number of aryl methyl sites for hydroxylation is 1. The molecule has 7 heteroatoms. The zero-order chi connectivity index (χ0) is 20.0. The lowest BCUT2D eigenvalue weighted by molar-refractivity contribution is 0.214. The Labute approximate surface area is 176 Å². The molecule has 0 fully saturated rings. The van der Waals surface area contributed by atoms with E-state index in [9.17, 15) is 4.57 Å². The van der Waals surface area contributed by atoms with E-state index in [1.807, 2.05) is 76.2 Å². The van der Waals surface area contributed by atoms with Crippen molar-refractivity contribution in [3.05, 3.63) is 57.2 Å². The molecule has 0 radical (unpaired) electrons. The van der Waals surface area contributed by atoms with Crippen molar-refractivity contribution in [1.29, 1.82) is 0 Å². The molecule has 1 unspecified atom stereocenters. The van der Waals surface area contributed by atoms with Crippen LogP contribution in [0.1, 0.15) is 30.8 Å². The van der Waals surface area contributed by atoms with Gasteiger partial charge in [0.25, 0.3) is 0 Å². The van der Waals surface area contributed by atoms with E-state index in [0.717, 1.165) is 26.1 Å². The molecular weight excluding hydrogens is 474 g/mol. The minimum absolute atomic E-state index is 0.316. The van der Waals surface area contributed by atoms with Crippen LogP contribution in [-0.2, 0) is 13.6 Å². The molecule has 2 aromatic carbocycles. The molecule has 0 saturated carbocycles. The molecule has 0 aromatic heterocycles. The Morgan fingerprint density at radius 3 is 2.15 bits per heavy atom.